The summed E-state index contributed by atoms with van der Waals surface area (Å²) in [4.78, 5) is 28.5. The SMILES string of the molecule is O=C(CCc1nnc(Cc2cccc(C(F)(F)F)c2)[nH]c1=O)N1CCOCC1. The number of carbonyl (C=O) groups excluding carboxylic acids is 1. The van der Waals surface area contributed by atoms with Crippen molar-refractivity contribution in [3.63, 3.8) is 0 Å². The summed E-state index contributed by atoms with van der Waals surface area (Å²) < 4.78 is 43.5. The number of nitrogens with one attached hydrogen (secondary N) is 1. The Kier molecular flexibility index (Phi) is 6.08. The molecule has 0 unspecified atom stereocenters. The van der Waals surface area contributed by atoms with Crippen molar-refractivity contribution in [1.82, 2.24) is 20.1 Å². The molecule has 0 radical (unpaired) electrons. The number of rotatable bonds is 5. The van der Waals surface area contributed by atoms with Crippen molar-refractivity contribution in [2.24, 2.45) is 0 Å². The van der Waals surface area contributed by atoms with Crippen LogP contribution in [-0.4, -0.2) is 52.3 Å². The fraction of sp³-hybridized carbons (Fsp3) is 0.444. The highest BCUT2D eigenvalue weighted by molar-refractivity contribution is 5.76. The summed E-state index contributed by atoms with van der Waals surface area (Å²) in [5.41, 5.74) is -0.783. The van der Waals surface area contributed by atoms with Gasteiger partial charge in [-0.3, -0.25) is 9.59 Å². The van der Waals surface area contributed by atoms with Crippen LogP contribution in [0.5, 0.6) is 0 Å². The average molecular weight is 396 g/mol. The molecule has 1 aromatic carbocycles. The van der Waals surface area contributed by atoms with Crippen LogP contribution in [0.3, 0.4) is 0 Å². The first-order valence-corrected chi connectivity index (χ1v) is 8.79. The van der Waals surface area contributed by atoms with Gasteiger partial charge in [0.1, 0.15) is 11.5 Å². The number of morpholine rings is 1. The van der Waals surface area contributed by atoms with E-state index in [9.17, 15) is 22.8 Å². The zero-order valence-electron chi connectivity index (χ0n) is 15.0. The number of benzene rings is 1. The Hall–Kier alpha value is -2.75. The second kappa shape index (κ2) is 8.51. The van der Waals surface area contributed by atoms with Crippen LogP contribution in [0.15, 0.2) is 29.1 Å². The molecule has 10 heteroatoms. The number of carbonyl (C=O) groups is 1. The van der Waals surface area contributed by atoms with E-state index in [4.69, 9.17) is 4.74 Å². The third kappa shape index (κ3) is 5.16. The number of alkyl halides is 3. The molecule has 0 aliphatic carbocycles. The van der Waals surface area contributed by atoms with E-state index in [-0.39, 0.29) is 36.7 Å². The number of hydrogen-bond acceptors (Lipinski definition) is 5. The molecule has 1 N–H and O–H groups in total. The summed E-state index contributed by atoms with van der Waals surface area (Å²) in [6, 6.07) is 4.81. The molecule has 1 aliphatic rings. The molecule has 150 valence electrons. The first-order valence-electron chi connectivity index (χ1n) is 8.79. The topological polar surface area (TPSA) is 88.2 Å². The number of ether oxygens (including phenoxy) is 1. The number of aromatic amines is 1. The van der Waals surface area contributed by atoms with Gasteiger partial charge < -0.3 is 14.6 Å². The van der Waals surface area contributed by atoms with Crippen LogP contribution in [0.4, 0.5) is 13.2 Å². The van der Waals surface area contributed by atoms with Crippen molar-refractivity contribution < 1.29 is 22.7 Å². The van der Waals surface area contributed by atoms with Gasteiger partial charge >= 0.3 is 6.18 Å². The third-order valence-electron chi connectivity index (χ3n) is 4.38. The highest BCUT2D eigenvalue weighted by Gasteiger charge is 2.30. The van der Waals surface area contributed by atoms with Crippen molar-refractivity contribution in [3.05, 3.63) is 57.3 Å². The Labute approximate surface area is 158 Å². The van der Waals surface area contributed by atoms with E-state index in [1.54, 1.807) is 4.90 Å². The molecule has 1 aromatic heterocycles. The Morgan fingerprint density at radius 1 is 1.21 bits per heavy atom. The van der Waals surface area contributed by atoms with Crippen LogP contribution in [0.1, 0.15) is 29.1 Å². The van der Waals surface area contributed by atoms with Crippen molar-refractivity contribution in [2.45, 2.75) is 25.4 Å². The fourth-order valence-electron chi connectivity index (χ4n) is 2.88. The van der Waals surface area contributed by atoms with Crippen molar-refractivity contribution in [3.8, 4) is 0 Å². The van der Waals surface area contributed by atoms with Crippen molar-refractivity contribution in [2.75, 3.05) is 26.3 Å². The summed E-state index contributed by atoms with van der Waals surface area (Å²) in [7, 11) is 0. The maximum absolute atomic E-state index is 12.8. The zero-order valence-corrected chi connectivity index (χ0v) is 15.0. The molecule has 1 amide bonds. The maximum atomic E-state index is 12.8. The van der Waals surface area contributed by atoms with E-state index in [2.05, 4.69) is 15.2 Å². The van der Waals surface area contributed by atoms with E-state index in [0.29, 0.717) is 31.9 Å². The van der Waals surface area contributed by atoms with Gasteiger partial charge in [0.05, 0.1) is 18.8 Å². The lowest BCUT2D eigenvalue weighted by Gasteiger charge is -2.26. The Morgan fingerprint density at radius 3 is 2.64 bits per heavy atom. The molecule has 2 aromatic rings. The van der Waals surface area contributed by atoms with E-state index >= 15 is 0 Å². The minimum Gasteiger partial charge on any atom is -0.378 e. The number of aryl methyl sites for hydroxylation is 1. The minimum absolute atomic E-state index is 0.0130. The fourth-order valence-corrected chi connectivity index (χ4v) is 2.88. The standard InChI is InChI=1S/C18H19F3N4O3/c19-18(20,21)13-3-1-2-12(10-13)11-15-22-17(27)14(23-24-15)4-5-16(26)25-6-8-28-9-7-25/h1-3,10H,4-9,11H2,(H,22,24,27). The van der Waals surface area contributed by atoms with Crippen LogP contribution in [-0.2, 0) is 28.5 Å². The van der Waals surface area contributed by atoms with Crippen LogP contribution in [0, 0.1) is 0 Å². The lowest BCUT2D eigenvalue weighted by Crippen LogP contribution is -2.41. The van der Waals surface area contributed by atoms with Gasteiger partial charge in [0.2, 0.25) is 5.91 Å². The van der Waals surface area contributed by atoms with Crippen molar-refractivity contribution in [1.29, 1.82) is 0 Å². The van der Waals surface area contributed by atoms with E-state index < -0.39 is 17.3 Å². The van der Waals surface area contributed by atoms with Gasteiger partial charge in [-0.2, -0.15) is 13.2 Å². The zero-order chi connectivity index (χ0) is 20.1. The number of amides is 1. The first kappa shape index (κ1) is 20.0. The molecule has 0 bridgehead atoms. The average Bonchev–Trinajstić information content (AvgIpc) is 2.67. The lowest BCUT2D eigenvalue weighted by atomic mass is 10.1. The van der Waals surface area contributed by atoms with Gasteiger partial charge in [0.15, 0.2) is 0 Å². The van der Waals surface area contributed by atoms with Crippen LogP contribution in [0.25, 0.3) is 0 Å². The Balaban J connectivity index is 1.62. The summed E-state index contributed by atoms with van der Waals surface area (Å²) in [6.45, 7) is 2.04. The monoisotopic (exact) mass is 396 g/mol. The highest BCUT2D eigenvalue weighted by Crippen LogP contribution is 2.29. The van der Waals surface area contributed by atoms with Crippen LogP contribution < -0.4 is 5.56 Å². The molecule has 28 heavy (non-hydrogen) atoms. The minimum atomic E-state index is -4.44. The molecule has 1 fully saturated rings. The van der Waals surface area contributed by atoms with E-state index in [0.717, 1.165) is 12.1 Å². The number of H-pyrrole nitrogens is 1. The molecule has 3 rings (SSSR count). The Bertz CT molecular complexity index is 892. The van der Waals surface area contributed by atoms with Gasteiger partial charge in [-0.05, 0) is 11.6 Å². The number of aromatic nitrogens is 3. The molecule has 0 spiro atoms. The third-order valence-corrected chi connectivity index (χ3v) is 4.38. The molecule has 1 saturated heterocycles. The number of hydrogen-bond donors (Lipinski definition) is 1. The quantitative estimate of drug-likeness (QED) is 0.829. The summed E-state index contributed by atoms with van der Waals surface area (Å²) in [5, 5.41) is 7.74. The van der Waals surface area contributed by atoms with Gasteiger partial charge in [0, 0.05) is 32.4 Å². The molecule has 0 atom stereocenters. The Morgan fingerprint density at radius 2 is 1.96 bits per heavy atom. The predicted molar refractivity (Wildman–Crippen MR) is 92.6 cm³/mol. The lowest BCUT2D eigenvalue weighted by molar-refractivity contribution is -0.137. The van der Waals surface area contributed by atoms with Gasteiger partial charge in [-0.15, -0.1) is 10.2 Å². The van der Waals surface area contributed by atoms with Gasteiger partial charge in [0.25, 0.3) is 5.56 Å². The largest absolute Gasteiger partial charge is 0.416 e. The molecule has 7 nitrogen and oxygen atoms in total. The summed E-state index contributed by atoms with van der Waals surface area (Å²) in [5.74, 6) is 0.0742. The second-order valence-electron chi connectivity index (χ2n) is 6.42. The van der Waals surface area contributed by atoms with Crippen LogP contribution >= 0.6 is 0 Å². The predicted octanol–water partition coefficient (Wildman–Crippen LogP) is 1.57. The highest BCUT2D eigenvalue weighted by atomic mass is 19.4. The molecular formula is C18H19F3N4O3. The van der Waals surface area contributed by atoms with Crippen LogP contribution in [0.2, 0.25) is 0 Å². The molecule has 0 saturated carbocycles. The smallest absolute Gasteiger partial charge is 0.378 e. The summed E-state index contributed by atoms with van der Waals surface area (Å²) in [6.07, 6.45) is -4.15. The van der Waals surface area contributed by atoms with Gasteiger partial charge in [-0.25, -0.2) is 0 Å². The normalized spacial score (nSPS) is 14.9. The van der Waals surface area contributed by atoms with E-state index in [1.165, 1.54) is 12.1 Å². The molecular weight excluding hydrogens is 377 g/mol. The molecule has 1 aliphatic heterocycles. The van der Waals surface area contributed by atoms with Gasteiger partial charge in [-0.1, -0.05) is 18.2 Å². The maximum Gasteiger partial charge on any atom is 0.416 e. The second-order valence-corrected chi connectivity index (χ2v) is 6.42. The van der Waals surface area contributed by atoms with E-state index in [1.807, 2.05) is 0 Å². The first-order chi connectivity index (χ1) is 13.3. The summed E-state index contributed by atoms with van der Waals surface area (Å²) >= 11 is 0. The number of nitrogens with zero attached hydrogens (tertiary/aromatic N) is 3. The number of halogens is 3. The van der Waals surface area contributed by atoms with Crippen molar-refractivity contribution >= 4 is 5.91 Å². The molecule has 2 heterocycles.